The van der Waals surface area contributed by atoms with E-state index in [2.05, 4.69) is 0 Å². The van der Waals surface area contributed by atoms with E-state index in [1.807, 2.05) is 61.0 Å². The van der Waals surface area contributed by atoms with Crippen LogP contribution in [0.5, 0.6) is 0 Å². The van der Waals surface area contributed by atoms with Crippen LogP contribution >= 0.6 is 23.5 Å². The molecule has 2 unspecified atom stereocenters. The molecule has 0 fully saturated rings. The lowest BCUT2D eigenvalue weighted by molar-refractivity contribution is -0.141. The van der Waals surface area contributed by atoms with E-state index in [0.29, 0.717) is 12.8 Å². The number of Topliss-reactive ketones (excluding diaryl/α,β-unsaturated/α-hetero) is 1. The summed E-state index contributed by atoms with van der Waals surface area (Å²) in [4.78, 5) is 16.0. The molecule has 0 radical (unpaired) electrons. The number of carbonyl (C=O) groups excluding carboxylic acids is 1. The topological polar surface area (TPSA) is 57.5 Å². The molecule has 0 bridgehead atoms. The highest BCUT2D eigenvalue weighted by molar-refractivity contribution is 7.98. The van der Waals surface area contributed by atoms with Crippen molar-refractivity contribution < 1.29 is 15.0 Å². The van der Waals surface area contributed by atoms with Crippen molar-refractivity contribution in [2.45, 2.75) is 61.5 Å². The third-order valence-electron chi connectivity index (χ3n) is 5.59. The Morgan fingerprint density at radius 3 is 1.27 bits per heavy atom. The Morgan fingerprint density at radius 1 is 0.733 bits per heavy atom. The van der Waals surface area contributed by atoms with E-state index in [1.165, 1.54) is 0 Å². The fourth-order valence-electron chi connectivity index (χ4n) is 3.63. The average molecular weight is 447 g/mol. The summed E-state index contributed by atoms with van der Waals surface area (Å²) >= 11 is 3.34. The molecule has 2 aromatic rings. The van der Waals surface area contributed by atoms with Crippen molar-refractivity contribution in [1.82, 2.24) is 0 Å². The van der Waals surface area contributed by atoms with Gasteiger partial charge in [-0.25, -0.2) is 0 Å². The van der Waals surface area contributed by atoms with Gasteiger partial charge in [0, 0.05) is 9.79 Å². The van der Waals surface area contributed by atoms with E-state index >= 15 is 0 Å². The maximum Gasteiger partial charge on any atom is 0.145 e. The highest BCUT2D eigenvalue weighted by Gasteiger charge is 2.42. The summed E-state index contributed by atoms with van der Waals surface area (Å²) in [5.74, 6) is -1.32. The van der Waals surface area contributed by atoms with Gasteiger partial charge in [0.05, 0.1) is 23.0 Å². The number of thioether (sulfide) groups is 2. The Bertz CT molecular complexity index is 746. The van der Waals surface area contributed by atoms with Crippen molar-refractivity contribution in [2.24, 2.45) is 11.8 Å². The van der Waals surface area contributed by atoms with Gasteiger partial charge in [0.2, 0.25) is 0 Å². The predicted molar refractivity (Wildman–Crippen MR) is 128 cm³/mol. The van der Waals surface area contributed by atoms with Crippen molar-refractivity contribution in [3.8, 4) is 0 Å². The number of aliphatic hydroxyl groups is 2. The second kappa shape index (κ2) is 10.4. The molecule has 2 N–H and O–H groups in total. The highest BCUT2D eigenvalue weighted by Crippen LogP contribution is 2.32. The standard InChI is InChI=1S/C25H34O3S2/c1-24(2,27)21(15-17-7-11-19(29-5)12-8-17)23(26)22(25(3,4)28)16-18-9-13-20(30-6)14-10-18/h7-14,21-22,27-28H,15-16H2,1-6H3. The normalized spacial score (nSPS) is 14.4. The van der Waals surface area contributed by atoms with Crippen molar-refractivity contribution >= 4 is 29.3 Å². The largest absolute Gasteiger partial charge is 0.390 e. The van der Waals surface area contributed by atoms with Crippen LogP contribution < -0.4 is 0 Å². The van der Waals surface area contributed by atoms with Crippen molar-refractivity contribution in [2.75, 3.05) is 12.5 Å². The van der Waals surface area contributed by atoms with Crippen LogP contribution in [0.4, 0.5) is 0 Å². The molecule has 2 rings (SSSR count). The molecule has 2 aromatic carbocycles. The molecule has 3 nitrogen and oxygen atoms in total. The maximum atomic E-state index is 13.7. The predicted octanol–water partition coefficient (Wildman–Crippen LogP) is 5.26. The zero-order valence-electron chi connectivity index (χ0n) is 18.8. The Hall–Kier alpha value is -1.27. The smallest absolute Gasteiger partial charge is 0.145 e. The summed E-state index contributed by atoms with van der Waals surface area (Å²) in [6, 6.07) is 16.2. The van der Waals surface area contributed by atoms with Crippen LogP contribution in [0, 0.1) is 11.8 Å². The van der Waals surface area contributed by atoms with E-state index in [-0.39, 0.29) is 5.78 Å². The number of hydrogen-bond acceptors (Lipinski definition) is 5. The van der Waals surface area contributed by atoms with Gasteiger partial charge in [-0.1, -0.05) is 24.3 Å². The molecule has 0 aliphatic rings. The quantitative estimate of drug-likeness (QED) is 0.488. The molecule has 0 saturated heterocycles. The molecule has 0 aliphatic carbocycles. The molecule has 2 atom stereocenters. The number of carbonyl (C=O) groups is 1. The Labute approximate surface area is 189 Å². The molecule has 0 heterocycles. The highest BCUT2D eigenvalue weighted by atomic mass is 32.2. The first-order valence-electron chi connectivity index (χ1n) is 10.2. The first-order chi connectivity index (χ1) is 14.0. The van der Waals surface area contributed by atoms with Gasteiger partial charge in [0.1, 0.15) is 5.78 Å². The molecule has 164 valence electrons. The molecule has 0 aliphatic heterocycles. The second-order valence-corrected chi connectivity index (χ2v) is 10.7. The first kappa shape index (κ1) is 25.0. The summed E-state index contributed by atoms with van der Waals surface area (Å²) in [6.45, 7) is 6.72. The molecule has 0 saturated carbocycles. The monoisotopic (exact) mass is 446 g/mol. The van der Waals surface area contributed by atoms with Gasteiger partial charge in [-0.3, -0.25) is 4.79 Å². The summed E-state index contributed by atoms with van der Waals surface area (Å²) in [5.41, 5.74) is -0.373. The fraction of sp³-hybridized carbons (Fsp3) is 0.480. The second-order valence-electron chi connectivity index (χ2n) is 8.92. The Morgan fingerprint density at radius 2 is 1.03 bits per heavy atom. The lowest BCUT2D eigenvalue weighted by Crippen LogP contribution is -2.48. The van der Waals surface area contributed by atoms with Crippen LogP contribution in [0.3, 0.4) is 0 Å². The van der Waals surface area contributed by atoms with E-state index in [4.69, 9.17) is 0 Å². The number of rotatable bonds is 10. The van der Waals surface area contributed by atoms with Crippen molar-refractivity contribution in [1.29, 1.82) is 0 Å². The lowest BCUT2D eigenvalue weighted by atomic mass is 9.72. The zero-order chi connectivity index (χ0) is 22.5. The van der Waals surface area contributed by atoms with Gasteiger partial charge < -0.3 is 10.2 Å². The number of ketones is 1. The lowest BCUT2D eigenvalue weighted by Gasteiger charge is -2.36. The Balaban J connectivity index is 2.31. The van der Waals surface area contributed by atoms with Gasteiger partial charge in [0.15, 0.2) is 0 Å². The summed E-state index contributed by atoms with van der Waals surface area (Å²) in [7, 11) is 0. The van der Waals surface area contributed by atoms with E-state index in [1.54, 1.807) is 51.2 Å². The van der Waals surface area contributed by atoms with Gasteiger partial charge in [-0.15, -0.1) is 23.5 Å². The molecule has 0 spiro atoms. The third-order valence-corrected chi connectivity index (χ3v) is 7.08. The SMILES string of the molecule is CSc1ccc(CC(C(=O)C(Cc2ccc(SC)cc2)C(C)(C)O)C(C)(C)O)cc1. The molecular formula is C25H34O3S2. The van der Waals surface area contributed by atoms with Gasteiger partial charge in [-0.05, 0) is 88.4 Å². The van der Waals surface area contributed by atoms with E-state index in [0.717, 1.165) is 20.9 Å². The van der Waals surface area contributed by atoms with Crippen LogP contribution in [0.2, 0.25) is 0 Å². The van der Waals surface area contributed by atoms with Crippen molar-refractivity contribution in [3.05, 3.63) is 59.7 Å². The zero-order valence-corrected chi connectivity index (χ0v) is 20.4. The van der Waals surface area contributed by atoms with Crippen LogP contribution in [-0.2, 0) is 17.6 Å². The summed E-state index contributed by atoms with van der Waals surface area (Å²) in [5, 5.41) is 21.7. The number of benzene rings is 2. The summed E-state index contributed by atoms with van der Waals surface area (Å²) in [6.07, 6.45) is 4.93. The fourth-order valence-corrected chi connectivity index (χ4v) is 4.45. The molecular weight excluding hydrogens is 412 g/mol. The average Bonchev–Trinajstić information content (AvgIpc) is 2.69. The van der Waals surface area contributed by atoms with Gasteiger partial charge >= 0.3 is 0 Å². The minimum atomic E-state index is -1.19. The molecule has 0 aromatic heterocycles. The van der Waals surface area contributed by atoms with Gasteiger partial charge in [0.25, 0.3) is 0 Å². The van der Waals surface area contributed by atoms with Crippen LogP contribution in [-0.4, -0.2) is 39.7 Å². The van der Waals surface area contributed by atoms with E-state index < -0.39 is 23.0 Å². The van der Waals surface area contributed by atoms with Crippen LogP contribution in [0.25, 0.3) is 0 Å². The van der Waals surface area contributed by atoms with Crippen LogP contribution in [0.15, 0.2) is 58.3 Å². The minimum absolute atomic E-state index is 0.0992. The molecule has 30 heavy (non-hydrogen) atoms. The Kier molecular flexibility index (Phi) is 8.63. The van der Waals surface area contributed by atoms with Gasteiger partial charge in [-0.2, -0.15) is 0 Å². The summed E-state index contributed by atoms with van der Waals surface area (Å²) < 4.78 is 0. The molecule has 5 heteroatoms. The maximum absolute atomic E-state index is 13.7. The minimum Gasteiger partial charge on any atom is -0.390 e. The third kappa shape index (κ3) is 6.88. The first-order valence-corrected chi connectivity index (χ1v) is 12.6. The van der Waals surface area contributed by atoms with Crippen LogP contribution in [0.1, 0.15) is 38.8 Å². The van der Waals surface area contributed by atoms with E-state index in [9.17, 15) is 15.0 Å². The molecule has 0 amide bonds. The van der Waals surface area contributed by atoms with Crippen molar-refractivity contribution in [3.63, 3.8) is 0 Å². The number of hydrogen-bond donors (Lipinski definition) is 2.